The Morgan fingerprint density at radius 3 is 2.94 bits per heavy atom. The van der Waals surface area contributed by atoms with Gasteiger partial charge in [-0.1, -0.05) is 6.08 Å². The van der Waals surface area contributed by atoms with Crippen molar-refractivity contribution < 1.29 is 9.90 Å². The summed E-state index contributed by atoms with van der Waals surface area (Å²) in [6.45, 7) is 2.13. The predicted octanol–water partition coefficient (Wildman–Crippen LogP) is -0.0494. The smallest absolute Gasteiger partial charge is 0.269 e. The molecule has 0 fully saturated rings. The van der Waals surface area contributed by atoms with Crippen molar-refractivity contribution >= 4 is 23.1 Å². The van der Waals surface area contributed by atoms with Gasteiger partial charge in [-0.05, 0) is 13.0 Å². The summed E-state index contributed by atoms with van der Waals surface area (Å²) in [5, 5.41) is 8.95. The minimum absolute atomic E-state index is 0.0414. The molecule has 0 unspecified atom stereocenters. The van der Waals surface area contributed by atoms with Crippen molar-refractivity contribution in [3.05, 3.63) is 23.9 Å². The maximum atomic E-state index is 11.3. The van der Waals surface area contributed by atoms with Crippen LogP contribution in [0.4, 0.5) is 0 Å². The van der Waals surface area contributed by atoms with E-state index in [4.69, 9.17) is 10.8 Å². The molecule has 2 heterocycles. The van der Waals surface area contributed by atoms with Crippen LogP contribution in [-0.4, -0.2) is 37.1 Å². The number of fused-ring (bicyclic) bond motifs is 1. The molecule has 2 rings (SSSR count). The van der Waals surface area contributed by atoms with E-state index in [0.29, 0.717) is 23.5 Å². The maximum absolute atomic E-state index is 11.3. The minimum Gasteiger partial charge on any atom is -0.395 e. The second kappa shape index (κ2) is 4.92. The number of hydrogen-bond donors (Lipinski definition) is 2. The zero-order valence-corrected chi connectivity index (χ0v) is 9.87. The van der Waals surface area contributed by atoms with E-state index in [-0.39, 0.29) is 12.3 Å². The highest BCUT2D eigenvalue weighted by Crippen LogP contribution is 2.14. The minimum atomic E-state index is -0.651. The standard InChI is InChI=1S/C11H13N5O2/c1-2-3-7-14-8(10(12)18)9-11(15-7)16(4-5-17)6-13-9/h2-3,6,17H,4-5H2,1H3,(H2,12,18). The van der Waals surface area contributed by atoms with Gasteiger partial charge in [-0.2, -0.15) is 0 Å². The number of aliphatic hydroxyl groups is 1. The molecular weight excluding hydrogens is 234 g/mol. The molecule has 2 aromatic rings. The van der Waals surface area contributed by atoms with Gasteiger partial charge in [0.25, 0.3) is 5.91 Å². The van der Waals surface area contributed by atoms with Gasteiger partial charge >= 0.3 is 0 Å². The van der Waals surface area contributed by atoms with E-state index >= 15 is 0 Å². The van der Waals surface area contributed by atoms with Crippen LogP contribution in [0.3, 0.4) is 0 Å². The highest BCUT2D eigenvalue weighted by atomic mass is 16.3. The Labute approximate surface area is 103 Å². The quantitative estimate of drug-likeness (QED) is 0.787. The largest absolute Gasteiger partial charge is 0.395 e. The average molecular weight is 247 g/mol. The lowest BCUT2D eigenvalue weighted by Crippen LogP contribution is -2.15. The SMILES string of the molecule is CC=Cc1nc(C(N)=O)c2ncn(CCO)c2n1. The summed E-state index contributed by atoms with van der Waals surface area (Å²) in [5.74, 6) is -0.263. The van der Waals surface area contributed by atoms with Crippen molar-refractivity contribution in [3.8, 4) is 0 Å². The fraction of sp³-hybridized carbons (Fsp3) is 0.273. The van der Waals surface area contributed by atoms with Crippen molar-refractivity contribution in [2.75, 3.05) is 6.61 Å². The number of carbonyl (C=O) groups excluding carboxylic acids is 1. The van der Waals surface area contributed by atoms with Gasteiger partial charge in [-0.25, -0.2) is 15.0 Å². The number of rotatable bonds is 4. The highest BCUT2D eigenvalue weighted by Gasteiger charge is 2.15. The summed E-state index contributed by atoms with van der Waals surface area (Å²) in [6.07, 6.45) is 4.93. The predicted molar refractivity (Wildman–Crippen MR) is 65.6 cm³/mol. The fourth-order valence-electron chi connectivity index (χ4n) is 1.63. The molecule has 0 radical (unpaired) electrons. The van der Waals surface area contributed by atoms with E-state index in [9.17, 15) is 4.79 Å². The summed E-state index contributed by atoms with van der Waals surface area (Å²) in [7, 11) is 0. The molecule has 0 spiro atoms. The zero-order valence-electron chi connectivity index (χ0n) is 9.87. The van der Waals surface area contributed by atoms with Crippen LogP contribution < -0.4 is 5.73 Å². The van der Waals surface area contributed by atoms with E-state index in [1.807, 2.05) is 6.92 Å². The highest BCUT2D eigenvalue weighted by molar-refractivity contribution is 6.01. The molecule has 2 aromatic heterocycles. The second-order valence-electron chi connectivity index (χ2n) is 3.63. The van der Waals surface area contributed by atoms with Crippen molar-refractivity contribution in [2.45, 2.75) is 13.5 Å². The Hall–Kier alpha value is -2.28. The lowest BCUT2D eigenvalue weighted by Gasteiger charge is -2.02. The van der Waals surface area contributed by atoms with Gasteiger partial charge in [0.2, 0.25) is 0 Å². The normalized spacial score (nSPS) is 11.4. The molecule has 1 amide bonds. The molecular formula is C11H13N5O2. The van der Waals surface area contributed by atoms with Crippen LogP contribution in [0.5, 0.6) is 0 Å². The molecule has 0 aromatic carbocycles. The molecule has 3 N–H and O–H groups in total. The second-order valence-corrected chi connectivity index (χ2v) is 3.63. The summed E-state index contributed by atoms with van der Waals surface area (Å²) in [5.41, 5.74) is 6.20. The number of allylic oxidation sites excluding steroid dienone is 1. The first-order valence-corrected chi connectivity index (χ1v) is 5.43. The molecule has 0 atom stereocenters. The Morgan fingerprint density at radius 2 is 2.33 bits per heavy atom. The fourth-order valence-corrected chi connectivity index (χ4v) is 1.63. The van der Waals surface area contributed by atoms with Gasteiger partial charge in [0.1, 0.15) is 5.52 Å². The first-order chi connectivity index (χ1) is 8.67. The van der Waals surface area contributed by atoms with Crippen LogP contribution in [0.15, 0.2) is 12.4 Å². The monoisotopic (exact) mass is 247 g/mol. The number of imidazole rings is 1. The molecule has 18 heavy (non-hydrogen) atoms. The van der Waals surface area contributed by atoms with Gasteiger partial charge in [0, 0.05) is 6.54 Å². The van der Waals surface area contributed by atoms with E-state index in [2.05, 4.69) is 15.0 Å². The number of primary amides is 1. The molecule has 94 valence electrons. The molecule has 7 heteroatoms. The van der Waals surface area contributed by atoms with Crippen LogP contribution in [0.2, 0.25) is 0 Å². The Balaban J connectivity index is 2.70. The maximum Gasteiger partial charge on any atom is 0.269 e. The lowest BCUT2D eigenvalue weighted by molar-refractivity contribution is 0.0997. The summed E-state index contributed by atoms with van der Waals surface area (Å²) >= 11 is 0. The molecule has 0 aliphatic rings. The van der Waals surface area contributed by atoms with Crippen molar-refractivity contribution in [3.63, 3.8) is 0 Å². The van der Waals surface area contributed by atoms with Crippen LogP contribution in [0.25, 0.3) is 17.2 Å². The third-order valence-electron chi connectivity index (χ3n) is 2.37. The average Bonchev–Trinajstić information content (AvgIpc) is 2.72. The summed E-state index contributed by atoms with van der Waals surface area (Å²) in [6, 6.07) is 0. The van der Waals surface area contributed by atoms with Crippen molar-refractivity contribution in [1.82, 2.24) is 19.5 Å². The van der Waals surface area contributed by atoms with E-state index in [1.165, 1.54) is 6.33 Å². The first kappa shape index (κ1) is 12.2. The number of aliphatic hydroxyl groups excluding tert-OH is 1. The lowest BCUT2D eigenvalue weighted by atomic mass is 10.3. The van der Waals surface area contributed by atoms with Gasteiger partial charge in [0.05, 0.1) is 12.9 Å². The van der Waals surface area contributed by atoms with Crippen LogP contribution in [-0.2, 0) is 6.54 Å². The third kappa shape index (κ3) is 2.07. The summed E-state index contributed by atoms with van der Waals surface area (Å²) in [4.78, 5) is 23.7. The third-order valence-corrected chi connectivity index (χ3v) is 2.37. The number of hydrogen-bond acceptors (Lipinski definition) is 5. The number of carbonyl (C=O) groups is 1. The van der Waals surface area contributed by atoms with Gasteiger partial charge < -0.3 is 15.4 Å². The molecule has 0 saturated carbocycles. The molecule has 7 nitrogen and oxygen atoms in total. The number of aromatic nitrogens is 4. The van der Waals surface area contributed by atoms with Crippen molar-refractivity contribution in [1.29, 1.82) is 0 Å². The van der Waals surface area contributed by atoms with E-state index in [0.717, 1.165) is 0 Å². The van der Waals surface area contributed by atoms with Crippen LogP contribution in [0, 0.1) is 0 Å². The van der Waals surface area contributed by atoms with Gasteiger partial charge in [-0.3, -0.25) is 4.79 Å². The Bertz CT molecular complexity index is 617. The number of amides is 1. The number of nitrogens with zero attached hydrogens (tertiary/aromatic N) is 4. The van der Waals surface area contributed by atoms with Crippen molar-refractivity contribution in [2.24, 2.45) is 5.73 Å². The van der Waals surface area contributed by atoms with Gasteiger partial charge in [0.15, 0.2) is 17.2 Å². The molecule has 0 saturated heterocycles. The molecule has 0 aliphatic carbocycles. The Kier molecular flexibility index (Phi) is 3.33. The molecule has 0 bridgehead atoms. The number of nitrogens with two attached hydrogens (primary N) is 1. The van der Waals surface area contributed by atoms with E-state index in [1.54, 1.807) is 16.7 Å². The summed E-state index contributed by atoms with van der Waals surface area (Å²) < 4.78 is 1.65. The Morgan fingerprint density at radius 1 is 1.56 bits per heavy atom. The van der Waals surface area contributed by atoms with Gasteiger partial charge in [-0.15, -0.1) is 0 Å². The van der Waals surface area contributed by atoms with E-state index < -0.39 is 5.91 Å². The molecule has 0 aliphatic heterocycles. The van der Waals surface area contributed by atoms with Crippen LogP contribution in [0.1, 0.15) is 23.2 Å². The zero-order chi connectivity index (χ0) is 13.1. The van der Waals surface area contributed by atoms with Crippen LogP contribution >= 0.6 is 0 Å². The first-order valence-electron chi connectivity index (χ1n) is 5.43. The topological polar surface area (TPSA) is 107 Å².